The number of hydrogen-bond donors (Lipinski definition) is 0. The number of carbonyl (C=O) groups is 2. The summed E-state index contributed by atoms with van der Waals surface area (Å²) < 4.78 is 0. The molecule has 0 aliphatic carbocycles. The van der Waals surface area contributed by atoms with Gasteiger partial charge in [-0.05, 0) is 65.6 Å². The zero-order valence-electron chi connectivity index (χ0n) is 18.3. The van der Waals surface area contributed by atoms with Crippen molar-refractivity contribution in [2.24, 2.45) is 4.99 Å². The lowest BCUT2D eigenvalue weighted by molar-refractivity contribution is 0.226. The van der Waals surface area contributed by atoms with E-state index in [9.17, 15) is 14.4 Å². The summed E-state index contributed by atoms with van der Waals surface area (Å²) in [5, 5.41) is 0. The Labute approximate surface area is 196 Å². The van der Waals surface area contributed by atoms with Crippen LogP contribution in [-0.4, -0.2) is 18.1 Å². The van der Waals surface area contributed by atoms with Gasteiger partial charge < -0.3 is 0 Å². The van der Waals surface area contributed by atoms with Crippen molar-refractivity contribution in [3.8, 4) is 22.3 Å². The molecule has 4 aromatic carbocycles. The third-order valence-electron chi connectivity index (χ3n) is 5.78. The molecular formula is C28H19N3O3. The van der Waals surface area contributed by atoms with Crippen LogP contribution in [0.15, 0.2) is 102 Å². The van der Waals surface area contributed by atoms with Gasteiger partial charge in [0, 0.05) is 0 Å². The monoisotopic (exact) mass is 445 g/mol. The molecule has 4 aromatic rings. The Bertz CT molecular complexity index is 1400. The minimum absolute atomic E-state index is 0.392. The van der Waals surface area contributed by atoms with E-state index in [1.165, 1.54) is 16.5 Å². The molecule has 1 aliphatic rings. The summed E-state index contributed by atoms with van der Waals surface area (Å²) in [7, 11) is 0. The number of rotatable bonds is 5. The molecule has 6 heteroatoms. The maximum absolute atomic E-state index is 12.8. The van der Waals surface area contributed by atoms with Crippen molar-refractivity contribution in [3.05, 3.63) is 103 Å². The van der Waals surface area contributed by atoms with E-state index in [0.29, 0.717) is 17.1 Å². The van der Waals surface area contributed by atoms with E-state index in [-0.39, 0.29) is 0 Å². The number of isocyanates is 1. The van der Waals surface area contributed by atoms with Crippen LogP contribution < -0.4 is 9.80 Å². The largest absolute Gasteiger partial charge is 0.345 e. The van der Waals surface area contributed by atoms with Gasteiger partial charge in [-0.25, -0.2) is 24.2 Å². The molecule has 1 heterocycles. The predicted octanol–water partition coefficient (Wildman–Crippen LogP) is 6.86. The van der Waals surface area contributed by atoms with Crippen LogP contribution in [0.3, 0.4) is 0 Å². The van der Waals surface area contributed by atoms with Crippen LogP contribution in [0.25, 0.3) is 22.3 Å². The first-order valence-electron chi connectivity index (χ1n) is 10.7. The molecule has 0 unspecified atom stereocenters. The SMILES string of the molecule is Cc1ccc(-c2ccc(N3C(=O)N(c4ccc(-c5ccc(N=C=O)cc5)cc4)C3=O)cc2)cc1. The highest BCUT2D eigenvalue weighted by atomic mass is 16.2. The van der Waals surface area contributed by atoms with Gasteiger partial charge in [-0.1, -0.05) is 66.2 Å². The standard InChI is InChI=1S/C28H19N3O3/c1-19-2-4-20(5-3-19)22-8-14-25(15-9-22)30-27(33)31(28(30)34)26-16-10-23(11-17-26)21-6-12-24(13-7-21)29-18-32/h2-17H,1H3. The lowest BCUT2D eigenvalue weighted by Gasteiger charge is -2.38. The summed E-state index contributed by atoms with van der Waals surface area (Å²) in [4.78, 5) is 41.9. The zero-order chi connectivity index (χ0) is 23.7. The number of aliphatic imine (C=N–C) groups is 1. The Kier molecular flexibility index (Phi) is 5.34. The number of benzene rings is 4. The van der Waals surface area contributed by atoms with E-state index in [1.807, 2.05) is 67.6 Å². The molecule has 6 nitrogen and oxygen atoms in total. The molecule has 0 aromatic heterocycles. The predicted molar refractivity (Wildman–Crippen MR) is 132 cm³/mol. The Morgan fingerprint density at radius 2 is 0.912 bits per heavy atom. The summed E-state index contributed by atoms with van der Waals surface area (Å²) in [5.41, 5.74) is 6.69. The van der Waals surface area contributed by atoms with Gasteiger partial charge in [0.1, 0.15) is 0 Å². The Morgan fingerprint density at radius 1 is 0.559 bits per heavy atom. The number of carbonyl (C=O) groups excluding carboxylic acids is 3. The van der Waals surface area contributed by atoms with E-state index in [1.54, 1.807) is 36.4 Å². The first kappa shape index (κ1) is 21.1. The van der Waals surface area contributed by atoms with Gasteiger partial charge in [-0.3, -0.25) is 0 Å². The lowest BCUT2D eigenvalue weighted by Crippen LogP contribution is -2.64. The molecule has 5 rings (SSSR count). The molecule has 0 N–H and O–H groups in total. The number of aryl methyl sites for hydroxylation is 1. The van der Waals surface area contributed by atoms with Crippen LogP contribution in [0, 0.1) is 6.92 Å². The van der Waals surface area contributed by atoms with Crippen molar-refractivity contribution < 1.29 is 14.4 Å². The molecule has 0 spiro atoms. The number of amides is 4. The van der Waals surface area contributed by atoms with Crippen LogP contribution in [0.4, 0.5) is 26.7 Å². The van der Waals surface area contributed by atoms with Crippen LogP contribution in [0.2, 0.25) is 0 Å². The third-order valence-corrected chi connectivity index (χ3v) is 5.78. The average molecular weight is 445 g/mol. The summed E-state index contributed by atoms with van der Waals surface area (Å²) in [6.45, 7) is 2.04. The van der Waals surface area contributed by atoms with E-state index >= 15 is 0 Å². The number of urea groups is 2. The highest BCUT2D eigenvalue weighted by molar-refractivity contribution is 6.41. The average Bonchev–Trinajstić information content (AvgIpc) is 2.86. The van der Waals surface area contributed by atoms with Crippen molar-refractivity contribution >= 4 is 35.2 Å². The van der Waals surface area contributed by atoms with Gasteiger partial charge in [0.2, 0.25) is 6.08 Å². The van der Waals surface area contributed by atoms with Gasteiger partial charge >= 0.3 is 12.1 Å². The minimum Gasteiger partial charge on any atom is -0.246 e. The topological polar surface area (TPSA) is 70.1 Å². The van der Waals surface area contributed by atoms with Crippen LogP contribution in [0.5, 0.6) is 0 Å². The van der Waals surface area contributed by atoms with Gasteiger partial charge in [0.25, 0.3) is 0 Å². The summed E-state index contributed by atoms with van der Waals surface area (Å²) >= 11 is 0. The second-order valence-electron chi connectivity index (χ2n) is 7.95. The highest BCUT2D eigenvalue weighted by Gasteiger charge is 2.45. The van der Waals surface area contributed by atoms with Gasteiger partial charge in [-0.2, -0.15) is 4.99 Å². The van der Waals surface area contributed by atoms with E-state index < -0.39 is 12.1 Å². The summed E-state index contributed by atoms with van der Waals surface area (Å²) in [6.07, 6.45) is 1.51. The summed E-state index contributed by atoms with van der Waals surface area (Å²) in [5.74, 6) is 0. The molecule has 1 aliphatic heterocycles. The minimum atomic E-state index is -0.392. The van der Waals surface area contributed by atoms with E-state index in [4.69, 9.17) is 0 Å². The van der Waals surface area contributed by atoms with Crippen LogP contribution in [-0.2, 0) is 4.79 Å². The Morgan fingerprint density at radius 3 is 1.29 bits per heavy atom. The number of imide groups is 2. The van der Waals surface area contributed by atoms with Crippen molar-refractivity contribution in [2.45, 2.75) is 6.92 Å². The Hall–Kier alpha value is -4.80. The summed E-state index contributed by atoms with van der Waals surface area (Å²) in [6, 6.07) is 29.1. The normalized spacial score (nSPS) is 12.9. The fraction of sp³-hybridized carbons (Fsp3) is 0.0357. The smallest absolute Gasteiger partial charge is 0.246 e. The fourth-order valence-electron chi connectivity index (χ4n) is 3.89. The maximum atomic E-state index is 12.8. The van der Waals surface area contributed by atoms with Crippen molar-refractivity contribution in [3.63, 3.8) is 0 Å². The molecule has 0 atom stereocenters. The number of anilines is 2. The lowest BCUT2D eigenvalue weighted by atomic mass is 10.0. The van der Waals surface area contributed by atoms with Crippen LogP contribution >= 0.6 is 0 Å². The number of hydrogen-bond acceptors (Lipinski definition) is 4. The van der Waals surface area contributed by atoms with Crippen molar-refractivity contribution in [1.29, 1.82) is 0 Å². The zero-order valence-corrected chi connectivity index (χ0v) is 18.3. The molecule has 164 valence electrons. The molecular weight excluding hydrogens is 426 g/mol. The third kappa shape index (κ3) is 3.79. The first-order chi connectivity index (χ1) is 16.5. The number of nitrogens with zero attached hydrogens (tertiary/aromatic N) is 3. The molecule has 1 fully saturated rings. The van der Waals surface area contributed by atoms with Crippen LogP contribution in [0.1, 0.15) is 5.56 Å². The Balaban J connectivity index is 1.30. The van der Waals surface area contributed by atoms with Crippen molar-refractivity contribution in [1.82, 2.24) is 0 Å². The van der Waals surface area contributed by atoms with Crippen molar-refractivity contribution in [2.75, 3.05) is 9.80 Å². The second kappa shape index (κ2) is 8.62. The fourth-order valence-corrected chi connectivity index (χ4v) is 3.89. The second-order valence-corrected chi connectivity index (χ2v) is 7.95. The van der Waals surface area contributed by atoms with Gasteiger partial charge in [0.05, 0.1) is 17.1 Å². The quantitative estimate of drug-likeness (QED) is 0.249. The highest BCUT2D eigenvalue weighted by Crippen LogP contribution is 2.33. The van der Waals surface area contributed by atoms with E-state index in [0.717, 1.165) is 27.2 Å². The maximum Gasteiger partial charge on any atom is 0.345 e. The van der Waals surface area contributed by atoms with Gasteiger partial charge in [0.15, 0.2) is 0 Å². The van der Waals surface area contributed by atoms with Gasteiger partial charge in [-0.15, -0.1) is 0 Å². The molecule has 0 radical (unpaired) electrons. The van der Waals surface area contributed by atoms with E-state index in [2.05, 4.69) is 4.99 Å². The molecule has 34 heavy (non-hydrogen) atoms. The molecule has 0 saturated carbocycles. The first-order valence-corrected chi connectivity index (χ1v) is 10.7. The molecule has 1 saturated heterocycles. The molecule has 0 bridgehead atoms. The molecule has 4 amide bonds.